The normalized spacial score (nSPS) is 17.6. The minimum absolute atomic E-state index is 0.0271. The Kier molecular flexibility index (Phi) is 13.2. The van der Waals surface area contributed by atoms with Crippen molar-refractivity contribution in [2.24, 2.45) is 17.3 Å². The van der Waals surface area contributed by atoms with Crippen LogP contribution in [0.4, 0.5) is 29.5 Å². The van der Waals surface area contributed by atoms with Crippen LogP contribution >= 0.6 is 11.6 Å². The Labute approximate surface area is 357 Å². The number of alkyl halides is 3. The van der Waals surface area contributed by atoms with Gasteiger partial charge in [-0.2, -0.15) is 0 Å². The number of methoxy groups -OCH3 is 1. The summed E-state index contributed by atoms with van der Waals surface area (Å²) in [7, 11) is 1.24. The number of nitrogens with zero attached hydrogens (tertiary/aromatic N) is 5. The first-order valence-corrected chi connectivity index (χ1v) is 20.3. The molecule has 3 atom stereocenters. The molecule has 0 radical (unpaired) electrons. The minimum Gasteiger partial charge on any atom is -0.453 e. The van der Waals surface area contributed by atoms with Gasteiger partial charge in [0.05, 0.1) is 35.1 Å². The average Bonchev–Trinajstić information content (AvgIpc) is 3.87. The molecule has 2 aliphatic rings. The molecule has 4 heterocycles. The number of alkyl carbamates (subject to hydrolysis) is 1. The Hall–Kier alpha value is -5.84. The number of piperazine rings is 1. The summed E-state index contributed by atoms with van der Waals surface area (Å²) in [6, 6.07) is 10.9. The van der Waals surface area contributed by atoms with E-state index in [4.69, 9.17) is 21.3 Å². The van der Waals surface area contributed by atoms with Crippen LogP contribution in [0.3, 0.4) is 0 Å². The van der Waals surface area contributed by atoms with E-state index in [0.29, 0.717) is 67.6 Å². The molecule has 4 amide bonds. The van der Waals surface area contributed by atoms with E-state index in [0.717, 1.165) is 6.07 Å². The quantitative estimate of drug-likeness (QED) is 0.144. The standard InChI is InChI=1S/C43H50ClF3N8O6/c1-24(2)36(52-41(59)60-7)39(57)55-23-25(3)18-33(55)37-49-22-32(50-37)27-10-8-26(9-11-27)29-19-30(44)31(20-34(29)61-43(45,46)47)51-38(56)28-12-13-35(48-21-28)53-14-16-54(17-15-53)40(58)42(4,5)6/h8-13,19-22,24-25,33,36H,14-18,23H2,1-7H3,(H,49,50)(H,51,56)(H,52,59)/t25?,33?,36-/m0/s1. The number of halogens is 4. The molecule has 0 aliphatic carbocycles. The number of likely N-dealkylation sites (tertiary alicyclic amines) is 1. The van der Waals surface area contributed by atoms with Crippen LogP contribution in [-0.2, 0) is 14.3 Å². The second kappa shape index (κ2) is 18.0. The van der Waals surface area contributed by atoms with Crippen molar-refractivity contribution >= 4 is 46.9 Å². The molecule has 4 aromatic rings. The second-order valence-corrected chi connectivity index (χ2v) is 17.1. The summed E-state index contributed by atoms with van der Waals surface area (Å²) in [6.07, 6.45) is -2.05. The van der Waals surface area contributed by atoms with Gasteiger partial charge in [-0.15, -0.1) is 13.2 Å². The Bertz CT molecular complexity index is 2240. The summed E-state index contributed by atoms with van der Waals surface area (Å²) in [4.78, 5) is 69.6. The molecular weight excluding hydrogens is 817 g/mol. The molecular formula is C43H50ClF3N8O6. The highest BCUT2D eigenvalue weighted by Crippen LogP contribution is 2.41. The molecule has 2 aromatic carbocycles. The predicted octanol–water partition coefficient (Wildman–Crippen LogP) is 7.93. The number of benzene rings is 2. The number of nitrogens with one attached hydrogen (secondary N) is 3. The van der Waals surface area contributed by atoms with Gasteiger partial charge in [-0.25, -0.2) is 14.8 Å². The Morgan fingerprint density at radius 2 is 1.64 bits per heavy atom. The maximum Gasteiger partial charge on any atom is 0.573 e. The maximum atomic E-state index is 13.7. The molecule has 2 fully saturated rings. The van der Waals surface area contributed by atoms with Crippen molar-refractivity contribution in [3.63, 3.8) is 0 Å². The van der Waals surface area contributed by atoms with Crippen molar-refractivity contribution in [2.75, 3.05) is 50.1 Å². The van der Waals surface area contributed by atoms with Crippen molar-refractivity contribution < 1.29 is 41.8 Å². The van der Waals surface area contributed by atoms with Gasteiger partial charge in [0.2, 0.25) is 11.8 Å². The third kappa shape index (κ3) is 10.6. The van der Waals surface area contributed by atoms with E-state index in [-0.39, 0.29) is 51.5 Å². The lowest BCUT2D eigenvalue weighted by atomic mass is 9.94. The van der Waals surface area contributed by atoms with Crippen LogP contribution < -0.4 is 20.3 Å². The lowest BCUT2D eigenvalue weighted by Gasteiger charge is -2.38. The van der Waals surface area contributed by atoms with Crippen molar-refractivity contribution in [1.82, 2.24) is 30.1 Å². The van der Waals surface area contributed by atoms with Crippen molar-refractivity contribution in [3.8, 4) is 28.1 Å². The highest BCUT2D eigenvalue weighted by atomic mass is 35.5. The molecule has 2 aliphatic heterocycles. The highest BCUT2D eigenvalue weighted by molar-refractivity contribution is 6.34. The summed E-state index contributed by atoms with van der Waals surface area (Å²) >= 11 is 6.58. The van der Waals surface area contributed by atoms with Gasteiger partial charge in [-0.1, -0.05) is 77.4 Å². The van der Waals surface area contributed by atoms with Gasteiger partial charge in [0.15, 0.2) is 0 Å². The number of aromatic nitrogens is 3. The van der Waals surface area contributed by atoms with E-state index < -0.39 is 35.6 Å². The molecule has 6 rings (SSSR count). The molecule has 14 nitrogen and oxygen atoms in total. The molecule has 326 valence electrons. The van der Waals surface area contributed by atoms with Crippen LogP contribution in [0.1, 0.15) is 70.2 Å². The first kappa shape index (κ1) is 44.7. The van der Waals surface area contributed by atoms with Crippen LogP contribution in [0.5, 0.6) is 5.75 Å². The molecule has 2 aromatic heterocycles. The summed E-state index contributed by atoms with van der Waals surface area (Å²) in [5, 5.41) is 5.19. The summed E-state index contributed by atoms with van der Waals surface area (Å²) in [5.41, 5.74) is 1.13. The third-order valence-corrected chi connectivity index (χ3v) is 11.0. The van der Waals surface area contributed by atoms with Gasteiger partial charge in [-0.05, 0) is 42.0 Å². The number of amides is 4. The fourth-order valence-electron chi connectivity index (χ4n) is 7.50. The Morgan fingerprint density at radius 3 is 2.23 bits per heavy atom. The number of hydrogen-bond acceptors (Lipinski definition) is 9. The number of anilines is 2. The molecule has 2 saturated heterocycles. The van der Waals surface area contributed by atoms with Crippen LogP contribution in [0.25, 0.3) is 22.4 Å². The first-order chi connectivity index (χ1) is 28.7. The van der Waals surface area contributed by atoms with Crippen molar-refractivity contribution in [2.45, 2.75) is 66.4 Å². The number of pyridine rings is 1. The van der Waals surface area contributed by atoms with Crippen molar-refractivity contribution in [1.29, 1.82) is 0 Å². The smallest absolute Gasteiger partial charge is 0.453 e. The van der Waals surface area contributed by atoms with Gasteiger partial charge in [0, 0.05) is 67.7 Å². The van der Waals surface area contributed by atoms with Crippen LogP contribution in [-0.4, -0.2) is 101 Å². The lowest BCUT2D eigenvalue weighted by Crippen LogP contribution is -2.51. The van der Waals surface area contributed by atoms with E-state index in [1.807, 2.05) is 51.3 Å². The minimum atomic E-state index is -5.06. The van der Waals surface area contributed by atoms with Gasteiger partial charge >= 0.3 is 12.5 Å². The Morgan fingerprint density at radius 1 is 0.967 bits per heavy atom. The van der Waals surface area contributed by atoms with E-state index in [2.05, 4.69) is 25.3 Å². The van der Waals surface area contributed by atoms with Gasteiger partial charge < -0.3 is 39.8 Å². The number of carbonyl (C=O) groups is 4. The first-order valence-electron chi connectivity index (χ1n) is 19.9. The van der Waals surface area contributed by atoms with Crippen LogP contribution in [0.2, 0.25) is 5.02 Å². The van der Waals surface area contributed by atoms with Gasteiger partial charge in [-0.3, -0.25) is 14.4 Å². The third-order valence-electron chi connectivity index (χ3n) is 10.7. The number of carbonyl (C=O) groups excluding carboxylic acids is 4. The monoisotopic (exact) mass is 866 g/mol. The predicted molar refractivity (Wildman–Crippen MR) is 224 cm³/mol. The molecule has 0 spiro atoms. The number of imidazole rings is 1. The van der Waals surface area contributed by atoms with E-state index >= 15 is 0 Å². The number of aromatic amines is 1. The summed E-state index contributed by atoms with van der Waals surface area (Å²) in [5.74, 6) is -0.258. The molecule has 61 heavy (non-hydrogen) atoms. The van der Waals surface area contributed by atoms with Gasteiger partial charge in [0.25, 0.3) is 5.91 Å². The average molecular weight is 867 g/mol. The fraction of sp³-hybridized carbons (Fsp3) is 0.442. The second-order valence-electron chi connectivity index (χ2n) is 16.7. The lowest BCUT2D eigenvalue weighted by molar-refractivity contribution is -0.274. The zero-order chi connectivity index (χ0) is 44.4. The number of H-pyrrole nitrogens is 1. The van der Waals surface area contributed by atoms with Crippen LogP contribution in [0.15, 0.2) is 60.9 Å². The van der Waals surface area contributed by atoms with Crippen molar-refractivity contribution in [3.05, 3.63) is 77.3 Å². The molecule has 18 heteroatoms. The molecule has 0 bridgehead atoms. The SMILES string of the molecule is COC(=O)N[C@H](C(=O)N1CC(C)CC1c1nc(-c2ccc(-c3cc(Cl)c(NC(=O)c4ccc(N5CCN(C(=O)C(C)(C)C)CC5)nc4)cc3OC(F)(F)F)cc2)c[nH]1)C(C)C. The number of hydrogen-bond donors (Lipinski definition) is 3. The van der Waals surface area contributed by atoms with Gasteiger partial charge in [0.1, 0.15) is 23.4 Å². The summed E-state index contributed by atoms with van der Waals surface area (Å²) in [6.45, 7) is 14.0. The molecule has 2 unspecified atom stereocenters. The van der Waals surface area contributed by atoms with E-state index in [1.165, 1.54) is 19.4 Å². The highest BCUT2D eigenvalue weighted by Gasteiger charge is 2.40. The summed E-state index contributed by atoms with van der Waals surface area (Å²) < 4.78 is 50.4. The zero-order valence-corrected chi connectivity index (χ0v) is 35.8. The van der Waals surface area contributed by atoms with Crippen LogP contribution in [0, 0.1) is 17.3 Å². The maximum absolute atomic E-state index is 13.7. The topological polar surface area (TPSA) is 162 Å². The number of rotatable bonds is 10. The zero-order valence-electron chi connectivity index (χ0n) is 35.0. The fourth-order valence-corrected chi connectivity index (χ4v) is 7.71. The molecule has 3 N–H and O–H groups in total. The Balaban J connectivity index is 1.16. The van der Waals surface area contributed by atoms with E-state index in [9.17, 15) is 32.3 Å². The van der Waals surface area contributed by atoms with E-state index in [1.54, 1.807) is 47.5 Å². The molecule has 0 saturated carbocycles. The number of ether oxygens (including phenoxy) is 2. The largest absolute Gasteiger partial charge is 0.573 e.